The SMILES string of the molecule is Clc1ccc(C=Cc2ccncc2)c(Cl)c1. The summed E-state index contributed by atoms with van der Waals surface area (Å²) in [5.41, 5.74) is 2.03. The number of hydrogen-bond donors (Lipinski definition) is 0. The molecular formula is C13H9Cl2N. The van der Waals surface area contributed by atoms with Crippen molar-refractivity contribution >= 4 is 35.4 Å². The highest BCUT2D eigenvalue weighted by molar-refractivity contribution is 6.35. The first-order chi connectivity index (χ1) is 7.75. The van der Waals surface area contributed by atoms with Crippen LogP contribution in [-0.2, 0) is 0 Å². The van der Waals surface area contributed by atoms with Gasteiger partial charge in [-0.3, -0.25) is 4.98 Å². The van der Waals surface area contributed by atoms with E-state index in [0.717, 1.165) is 11.1 Å². The van der Waals surface area contributed by atoms with Crippen LogP contribution in [0, 0.1) is 0 Å². The van der Waals surface area contributed by atoms with Crippen molar-refractivity contribution in [3.05, 3.63) is 63.9 Å². The summed E-state index contributed by atoms with van der Waals surface area (Å²) < 4.78 is 0. The first-order valence-electron chi connectivity index (χ1n) is 4.79. The normalized spacial score (nSPS) is 10.9. The van der Waals surface area contributed by atoms with Gasteiger partial charge in [-0.15, -0.1) is 0 Å². The molecule has 0 atom stereocenters. The molecule has 0 aliphatic heterocycles. The molecule has 2 aromatic rings. The van der Waals surface area contributed by atoms with E-state index in [4.69, 9.17) is 23.2 Å². The topological polar surface area (TPSA) is 12.9 Å². The van der Waals surface area contributed by atoms with E-state index in [1.54, 1.807) is 18.5 Å². The minimum Gasteiger partial charge on any atom is -0.265 e. The van der Waals surface area contributed by atoms with Gasteiger partial charge in [0.2, 0.25) is 0 Å². The molecule has 16 heavy (non-hydrogen) atoms. The van der Waals surface area contributed by atoms with E-state index in [-0.39, 0.29) is 0 Å². The minimum atomic E-state index is 0.645. The van der Waals surface area contributed by atoms with Gasteiger partial charge >= 0.3 is 0 Å². The number of nitrogens with zero attached hydrogens (tertiary/aromatic N) is 1. The molecule has 0 aliphatic rings. The molecule has 1 aromatic heterocycles. The van der Waals surface area contributed by atoms with E-state index in [1.807, 2.05) is 36.4 Å². The van der Waals surface area contributed by atoms with Gasteiger partial charge in [0.05, 0.1) is 0 Å². The fourth-order valence-electron chi connectivity index (χ4n) is 1.30. The van der Waals surface area contributed by atoms with E-state index in [0.29, 0.717) is 10.0 Å². The summed E-state index contributed by atoms with van der Waals surface area (Å²) in [5, 5.41) is 1.30. The number of benzene rings is 1. The fourth-order valence-corrected chi connectivity index (χ4v) is 1.77. The van der Waals surface area contributed by atoms with E-state index in [2.05, 4.69) is 4.98 Å². The zero-order chi connectivity index (χ0) is 11.4. The Morgan fingerprint density at radius 2 is 1.69 bits per heavy atom. The molecule has 0 saturated carbocycles. The fraction of sp³-hybridized carbons (Fsp3) is 0. The van der Waals surface area contributed by atoms with Gasteiger partial charge in [0.15, 0.2) is 0 Å². The van der Waals surface area contributed by atoms with Crippen molar-refractivity contribution in [1.82, 2.24) is 4.98 Å². The first kappa shape index (κ1) is 11.2. The van der Waals surface area contributed by atoms with Gasteiger partial charge in [0.25, 0.3) is 0 Å². The first-order valence-corrected chi connectivity index (χ1v) is 5.54. The maximum Gasteiger partial charge on any atom is 0.0493 e. The van der Waals surface area contributed by atoms with E-state index >= 15 is 0 Å². The summed E-state index contributed by atoms with van der Waals surface area (Å²) in [7, 11) is 0. The Balaban J connectivity index is 2.24. The third-order valence-electron chi connectivity index (χ3n) is 2.12. The molecule has 1 aromatic carbocycles. The third-order valence-corrected chi connectivity index (χ3v) is 2.69. The number of aromatic nitrogens is 1. The highest BCUT2D eigenvalue weighted by Crippen LogP contribution is 2.22. The predicted octanol–water partition coefficient (Wildman–Crippen LogP) is 4.56. The summed E-state index contributed by atoms with van der Waals surface area (Å²) in [5.74, 6) is 0. The number of pyridine rings is 1. The average Bonchev–Trinajstić information content (AvgIpc) is 2.29. The van der Waals surface area contributed by atoms with Crippen LogP contribution >= 0.6 is 23.2 Å². The van der Waals surface area contributed by atoms with Crippen molar-refractivity contribution in [3.63, 3.8) is 0 Å². The van der Waals surface area contributed by atoms with Crippen LogP contribution in [0.3, 0.4) is 0 Å². The van der Waals surface area contributed by atoms with Crippen LogP contribution in [0.5, 0.6) is 0 Å². The van der Waals surface area contributed by atoms with Gasteiger partial charge in [-0.05, 0) is 35.4 Å². The van der Waals surface area contributed by atoms with Gasteiger partial charge < -0.3 is 0 Å². The molecule has 0 saturated heterocycles. The zero-order valence-electron chi connectivity index (χ0n) is 8.40. The number of hydrogen-bond acceptors (Lipinski definition) is 1. The molecule has 0 aliphatic carbocycles. The molecule has 1 heterocycles. The second kappa shape index (κ2) is 5.15. The molecule has 0 N–H and O–H groups in total. The Labute approximate surface area is 104 Å². The van der Waals surface area contributed by atoms with E-state index in [1.165, 1.54) is 0 Å². The van der Waals surface area contributed by atoms with Gasteiger partial charge in [0, 0.05) is 22.4 Å². The van der Waals surface area contributed by atoms with Crippen molar-refractivity contribution in [2.24, 2.45) is 0 Å². The molecule has 80 valence electrons. The summed E-state index contributed by atoms with van der Waals surface area (Å²) in [6.07, 6.45) is 7.44. The summed E-state index contributed by atoms with van der Waals surface area (Å²) >= 11 is 11.9. The Hall–Kier alpha value is -1.31. The second-order valence-electron chi connectivity index (χ2n) is 3.28. The largest absolute Gasteiger partial charge is 0.265 e. The van der Waals surface area contributed by atoms with Crippen LogP contribution in [0.1, 0.15) is 11.1 Å². The van der Waals surface area contributed by atoms with Gasteiger partial charge in [0.1, 0.15) is 0 Å². The molecule has 0 unspecified atom stereocenters. The lowest BCUT2D eigenvalue weighted by atomic mass is 10.1. The summed E-state index contributed by atoms with van der Waals surface area (Å²) in [6, 6.07) is 9.30. The zero-order valence-corrected chi connectivity index (χ0v) is 9.91. The van der Waals surface area contributed by atoms with Crippen molar-refractivity contribution in [2.75, 3.05) is 0 Å². The van der Waals surface area contributed by atoms with Crippen LogP contribution in [0.4, 0.5) is 0 Å². The van der Waals surface area contributed by atoms with E-state index in [9.17, 15) is 0 Å². The highest BCUT2D eigenvalue weighted by atomic mass is 35.5. The molecule has 0 fully saturated rings. The monoisotopic (exact) mass is 249 g/mol. The maximum atomic E-state index is 6.05. The molecule has 0 spiro atoms. The quantitative estimate of drug-likeness (QED) is 0.761. The molecular weight excluding hydrogens is 241 g/mol. The molecule has 2 rings (SSSR count). The van der Waals surface area contributed by atoms with Crippen LogP contribution < -0.4 is 0 Å². The lowest BCUT2D eigenvalue weighted by Gasteiger charge is -1.98. The minimum absolute atomic E-state index is 0.645. The number of halogens is 2. The van der Waals surface area contributed by atoms with Crippen LogP contribution in [0.15, 0.2) is 42.7 Å². The highest BCUT2D eigenvalue weighted by Gasteiger charge is 1.96. The summed E-state index contributed by atoms with van der Waals surface area (Å²) in [4.78, 5) is 3.95. The van der Waals surface area contributed by atoms with E-state index < -0.39 is 0 Å². The van der Waals surface area contributed by atoms with Gasteiger partial charge in [-0.25, -0.2) is 0 Å². The van der Waals surface area contributed by atoms with Crippen LogP contribution in [-0.4, -0.2) is 4.98 Å². The smallest absolute Gasteiger partial charge is 0.0493 e. The average molecular weight is 250 g/mol. The molecule has 1 nitrogen and oxygen atoms in total. The van der Waals surface area contributed by atoms with Crippen LogP contribution in [0.25, 0.3) is 12.2 Å². The maximum absolute atomic E-state index is 6.05. The second-order valence-corrected chi connectivity index (χ2v) is 4.12. The van der Waals surface area contributed by atoms with Crippen LogP contribution in [0.2, 0.25) is 10.0 Å². The molecule has 0 radical (unpaired) electrons. The Morgan fingerprint density at radius 1 is 0.938 bits per heavy atom. The van der Waals surface area contributed by atoms with Crippen molar-refractivity contribution in [3.8, 4) is 0 Å². The van der Waals surface area contributed by atoms with Gasteiger partial charge in [-0.2, -0.15) is 0 Å². The standard InChI is InChI=1S/C13H9Cl2N/c14-12-4-3-11(13(15)9-12)2-1-10-5-7-16-8-6-10/h1-9H. The Morgan fingerprint density at radius 3 is 2.38 bits per heavy atom. The lowest BCUT2D eigenvalue weighted by molar-refractivity contribution is 1.32. The van der Waals surface area contributed by atoms with Crippen molar-refractivity contribution in [1.29, 1.82) is 0 Å². The predicted molar refractivity (Wildman–Crippen MR) is 69.6 cm³/mol. The summed E-state index contributed by atoms with van der Waals surface area (Å²) in [6.45, 7) is 0. The lowest BCUT2D eigenvalue weighted by Crippen LogP contribution is -1.76. The number of rotatable bonds is 2. The molecule has 3 heteroatoms. The van der Waals surface area contributed by atoms with Crippen molar-refractivity contribution in [2.45, 2.75) is 0 Å². The third kappa shape index (κ3) is 2.84. The van der Waals surface area contributed by atoms with Gasteiger partial charge in [-0.1, -0.05) is 41.4 Å². The Bertz CT molecular complexity index is 507. The Kier molecular flexibility index (Phi) is 3.60. The van der Waals surface area contributed by atoms with Crippen molar-refractivity contribution < 1.29 is 0 Å². The molecule has 0 bridgehead atoms. The molecule has 0 amide bonds.